The van der Waals surface area contributed by atoms with E-state index >= 15 is 0 Å². The number of pyridine rings is 1. The summed E-state index contributed by atoms with van der Waals surface area (Å²) in [4.78, 5) is 15.4. The largest absolute Gasteiger partial charge is 0.326 e. The van der Waals surface area contributed by atoms with E-state index in [-0.39, 0.29) is 11.3 Å². The summed E-state index contributed by atoms with van der Waals surface area (Å²) >= 11 is 5.70. The summed E-state index contributed by atoms with van der Waals surface area (Å²) in [5.74, 6) is -0.00948. The minimum Gasteiger partial charge on any atom is -0.326 e. The first-order valence-electron chi connectivity index (χ1n) is 4.78. The van der Waals surface area contributed by atoms with Crippen LogP contribution in [0, 0.1) is 5.41 Å². The number of nitrogens with zero attached hydrogens (tertiary/aromatic N) is 1. The zero-order valence-electron chi connectivity index (χ0n) is 9.17. The third-order valence-corrected chi connectivity index (χ3v) is 1.91. The molecule has 0 aliphatic rings. The molecule has 1 amide bonds. The molecule has 1 heterocycles. The van der Waals surface area contributed by atoms with Crippen molar-refractivity contribution in [1.82, 2.24) is 4.98 Å². The molecule has 0 radical (unpaired) electrons. The van der Waals surface area contributed by atoms with Crippen molar-refractivity contribution in [3.8, 4) is 0 Å². The molecule has 1 aromatic rings. The van der Waals surface area contributed by atoms with Crippen molar-refractivity contribution in [1.29, 1.82) is 0 Å². The summed E-state index contributed by atoms with van der Waals surface area (Å²) in [6, 6.07) is 3.34. The fourth-order valence-corrected chi connectivity index (χ4v) is 1.34. The highest BCUT2D eigenvalue weighted by atomic mass is 35.5. The van der Waals surface area contributed by atoms with Gasteiger partial charge in [0.15, 0.2) is 0 Å². The fraction of sp³-hybridized carbons (Fsp3) is 0.455. The fourth-order valence-electron chi connectivity index (χ4n) is 1.17. The third-order valence-electron chi connectivity index (χ3n) is 1.70. The van der Waals surface area contributed by atoms with E-state index in [1.807, 2.05) is 20.8 Å². The minimum atomic E-state index is -0.0130. The Balaban J connectivity index is 2.59. The van der Waals surface area contributed by atoms with Crippen LogP contribution < -0.4 is 5.32 Å². The number of carbonyl (C=O) groups is 1. The lowest BCUT2D eigenvalue weighted by atomic mass is 9.92. The number of amides is 1. The normalized spacial score (nSPS) is 11.2. The number of hydrogen-bond donors (Lipinski definition) is 1. The van der Waals surface area contributed by atoms with Gasteiger partial charge in [0.25, 0.3) is 0 Å². The molecule has 0 unspecified atom stereocenters. The Morgan fingerprint density at radius 2 is 2.20 bits per heavy atom. The highest BCUT2D eigenvalue weighted by Gasteiger charge is 2.15. The molecule has 4 heteroatoms. The van der Waals surface area contributed by atoms with Gasteiger partial charge in [0.2, 0.25) is 5.91 Å². The second kappa shape index (κ2) is 4.62. The van der Waals surface area contributed by atoms with Crippen LogP contribution in [0.1, 0.15) is 27.2 Å². The van der Waals surface area contributed by atoms with Crippen LogP contribution in [-0.4, -0.2) is 10.9 Å². The number of carbonyl (C=O) groups excluding carboxylic acids is 1. The number of halogens is 1. The van der Waals surface area contributed by atoms with Gasteiger partial charge in [0.05, 0.1) is 0 Å². The van der Waals surface area contributed by atoms with Crippen LogP contribution >= 0.6 is 11.6 Å². The lowest BCUT2D eigenvalue weighted by Crippen LogP contribution is -2.19. The van der Waals surface area contributed by atoms with Gasteiger partial charge in [0.1, 0.15) is 5.15 Å². The summed E-state index contributed by atoms with van der Waals surface area (Å²) in [5, 5.41) is 3.15. The third kappa shape index (κ3) is 4.79. The zero-order chi connectivity index (χ0) is 11.5. The minimum absolute atomic E-state index is 0.00948. The van der Waals surface area contributed by atoms with E-state index in [9.17, 15) is 4.79 Å². The molecule has 82 valence electrons. The van der Waals surface area contributed by atoms with Crippen molar-refractivity contribution in [2.24, 2.45) is 5.41 Å². The van der Waals surface area contributed by atoms with Crippen LogP contribution in [0.25, 0.3) is 0 Å². The van der Waals surface area contributed by atoms with Crippen LogP contribution in [0.3, 0.4) is 0 Å². The SMILES string of the molecule is CC(C)(C)CC(=O)Nc1ccnc(Cl)c1. The van der Waals surface area contributed by atoms with Crippen LogP contribution in [-0.2, 0) is 4.79 Å². The van der Waals surface area contributed by atoms with E-state index in [2.05, 4.69) is 10.3 Å². The maximum atomic E-state index is 11.6. The lowest BCUT2D eigenvalue weighted by Gasteiger charge is -2.17. The summed E-state index contributed by atoms with van der Waals surface area (Å²) in [7, 11) is 0. The van der Waals surface area contributed by atoms with Gasteiger partial charge in [-0.15, -0.1) is 0 Å². The second-order valence-corrected chi connectivity index (χ2v) is 5.04. The molecular formula is C11H15ClN2O. The van der Waals surface area contributed by atoms with Crippen LogP contribution in [0.4, 0.5) is 5.69 Å². The highest BCUT2D eigenvalue weighted by molar-refractivity contribution is 6.29. The van der Waals surface area contributed by atoms with Crippen molar-refractivity contribution in [2.45, 2.75) is 27.2 Å². The van der Waals surface area contributed by atoms with Crippen LogP contribution in [0.15, 0.2) is 18.3 Å². The molecule has 0 atom stereocenters. The summed E-state index contributed by atoms with van der Waals surface area (Å²) in [6.07, 6.45) is 2.04. The molecule has 1 aromatic heterocycles. The van der Waals surface area contributed by atoms with Gasteiger partial charge in [-0.25, -0.2) is 4.98 Å². The second-order valence-electron chi connectivity index (χ2n) is 4.65. The molecule has 0 aliphatic heterocycles. The van der Waals surface area contributed by atoms with Gasteiger partial charge in [0, 0.05) is 18.3 Å². The van der Waals surface area contributed by atoms with Crippen molar-refractivity contribution in [3.05, 3.63) is 23.5 Å². The molecule has 0 bridgehead atoms. The first-order chi connectivity index (χ1) is 6.87. The maximum Gasteiger partial charge on any atom is 0.224 e. The maximum absolute atomic E-state index is 11.6. The van der Waals surface area contributed by atoms with Gasteiger partial charge in [-0.1, -0.05) is 32.4 Å². The first kappa shape index (κ1) is 12.0. The number of anilines is 1. The van der Waals surface area contributed by atoms with E-state index in [1.165, 1.54) is 0 Å². The summed E-state index contributed by atoms with van der Waals surface area (Å²) in [6.45, 7) is 6.06. The Morgan fingerprint density at radius 3 is 2.73 bits per heavy atom. The van der Waals surface area contributed by atoms with E-state index in [4.69, 9.17) is 11.6 Å². The Labute approximate surface area is 94.9 Å². The van der Waals surface area contributed by atoms with Gasteiger partial charge in [-0.3, -0.25) is 4.79 Å². The summed E-state index contributed by atoms with van der Waals surface area (Å²) in [5.41, 5.74) is 0.672. The zero-order valence-corrected chi connectivity index (χ0v) is 9.93. The van der Waals surface area contributed by atoms with Gasteiger partial charge in [-0.05, 0) is 17.5 Å². The lowest BCUT2D eigenvalue weighted by molar-refractivity contribution is -0.117. The predicted molar refractivity (Wildman–Crippen MR) is 61.9 cm³/mol. The number of rotatable bonds is 2. The van der Waals surface area contributed by atoms with Gasteiger partial charge < -0.3 is 5.32 Å². The highest BCUT2D eigenvalue weighted by Crippen LogP contribution is 2.20. The molecule has 1 N–H and O–H groups in total. The molecule has 0 aliphatic carbocycles. The average Bonchev–Trinajstić information content (AvgIpc) is 1.99. The molecule has 0 saturated heterocycles. The molecular weight excluding hydrogens is 212 g/mol. The predicted octanol–water partition coefficient (Wildman–Crippen LogP) is 3.11. The van der Waals surface area contributed by atoms with Crippen LogP contribution in [0.5, 0.6) is 0 Å². The van der Waals surface area contributed by atoms with E-state index < -0.39 is 0 Å². The molecule has 0 spiro atoms. The average molecular weight is 227 g/mol. The Bertz CT molecular complexity index is 358. The molecule has 1 rings (SSSR count). The monoisotopic (exact) mass is 226 g/mol. The van der Waals surface area contributed by atoms with Gasteiger partial charge in [-0.2, -0.15) is 0 Å². The molecule has 0 fully saturated rings. The Hall–Kier alpha value is -1.09. The number of hydrogen-bond acceptors (Lipinski definition) is 2. The molecule has 0 saturated carbocycles. The van der Waals surface area contributed by atoms with E-state index in [0.29, 0.717) is 17.3 Å². The summed E-state index contributed by atoms with van der Waals surface area (Å²) < 4.78 is 0. The van der Waals surface area contributed by atoms with Crippen molar-refractivity contribution < 1.29 is 4.79 Å². The number of nitrogens with one attached hydrogen (secondary N) is 1. The van der Waals surface area contributed by atoms with Crippen molar-refractivity contribution >= 4 is 23.2 Å². The smallest absolute Gasteiger partial charge is 0.224 e. The van der Waals surface area contributed by atoms with E-state index in [0.717, 1.165) is 0 Å². The quantitative estimate of drug-likeness (QED) is 0.788. The molecule has 0 aromatic carbocycles. The topological polar surface area (TPSA) is 42.0 Å². The standard InChI is InChI=1S/C11H15ClN2O/c1-11(2,3)7-10(15)14-8-4-5-13-9(12)6-8/h4-6H,7H2,1-3H3,(H,13,14,15). The number of aromatic nitrogens is 1. The Morgan fingerprint density at radius 1 is 1.53 bits per heavy atom. The first-order valence-corrected chi connectivity index (χ1v) is 5.16. The van der Waals surface area contributed by atoms with Crippen LogP contribution in [0.2, 0.25) is 5.15 Å². The molecule has 15 heavy (non-hydrogen) atoms. The van der Waals surface area contributed by atoms with E-state index in [1.54, 1.807) is 18.3 Å². The Kier molecular flexibility index (Phi) is 3.69. The van der Waals surface area contributed by atoms with Crippen molar-refractivity contribution in [3.63, 3.8) is 0 Å². The van der Waals surface area contributed by atoms with Gasteiger partial charge >= 0.3 is 0 Å². The van der Waals surface area contributed by atoms with Crippen molar-refractivity contribution in [2.75, 3.05) is 5.32 Å². The molecule has 3 nitrogen and oxygen atoms in total.